The molecule has 0 aliphatic heterocycles. The maximum atomic E-state index is 4.56. The Morgan fingerprint density at radius 2 is 2.00 bits per heavy atom. The van der Waals surface area contributed by atoms with Gasteiger partial charge in [0.1, 0.15) is 0 Å². The van der Waals surface area contributed by atoms with Gasteiger partial charge in [0, 0.05) is 31.7 Å². The summed E-state index contributed by atoms with van der Waals surface area (Å²) in [6.07, 6.45) is 1.78. The average Bonchev–Trinajstić information content (AvgIpc) is 3.02. The van der Waals surface area contributed by atoms with Crippen molar-refractivity contribution in [2.24, 2.45) is 0 Å². The van der Waals surface area contributed by atoms with Gasteiger partial charge < -0.3 is 10.2 Å². The standard InChI is InChI=1S/C16H16N4S/c1-20(2)13-6-3-5-12(11-13)18-16-17-9-8-14(19-16)15-7-4-10-21-15/h3-11H,1-2H3,(H,17,18,19). The molecule has 0 spiro atoms. The van der Waals surface area contributed by atoms with Crippen molar-refractivity contribution < 1.29 is 0 Å². The van der Waals surface area contributed by atoms with Gasteiger partial charge in [0.05, 0.1) is 10.6 Å². The third kappa shape index (κ3) is 3.20. The number of rotatable bonds is 4. The van der Waals surface area contributed by atoms with Gasteiger partial charge in [-0.05, 0) is 35.7 Å². The summed E-state index contributed by atoms with van der Waals surface area (Å²) in [5, 5.41) is 5.30. The van der Waals surface area contributed by atoms with Crippen LogP contribution in [-0.2, 0) is 0 Å². The van der Waals surface area contributed by atoms with Crippen LogP contribution < -0.4 is 10.2 Å². The van der Waals surface area contributed by atoms with Crippen molar-refractivity contribution >= 4 is 28.7 Å². The minimum atomic E-state index is 0.608. The highest BCUT2D eigenvalue weighted by molar-refractivity contribution is 7.13. The van der Waals surface area contributed by atoms with Gasteiger partial charge in [-0.2, -0.15) is 0 Å². The van der Waals surface area contributed by atoms with Crippen LogP contribution in [-0.4, -0.2) is 24.1 Å². The lowest BCUT2D eigenvalue weighted by molar-refractivity contribution is 1.13. The molecule has 1 N–H and O–H groups in total. The zero-order chi connectivity index (χ0) is 14.7. The molecule has 5 heteroatoms. The number of thiophene rings is 1. The first-order valence-corrected chi connectivity index (χ1v) is 7.52. The van der Waals surface area contributed by atoms with Crippen LogP contribution in [0.15, 0.2) is 54.0 Å². The molecule has 2 aromatic heterocycles. The van der Waals surface area contributed by atoms with E-state index in [-0.39, 0.29) is 0 Å². The van der Waals surface area contributed by atoms with Gasteiger partial charge >= 0.3 is 0 Å². The second-order valence-corrected chi connectivity index (χ2v) is 5.76. The number of aromatic nitrogens is 2. The molecule has 3 rings (SSSR count). The quantitative estimate of drug-likeness (QED) is 0.789. The smallest absolute Gasteiger partial charge is 0.227 e. The summed E-state index contributed by atoms with van der Waals surface area (Å²) in [6, 6.07) is 14.2. The van der Waals surface area contributed by atoms with Crippen molar-refractivity contribution in [3.8, 4) is 10.6 Å². The predicted molar refractivity (Wildman–Crippen MR) is 89.4 cm³/mol. The maximum Gasteiger partial charge on any atom is 0.227 e. The van der Waals surface area contributed by atoms with Crippen molar-refractivity contribution in [2.45, 2.75) is 0 Å². The lowest BCUT2D eigenvalue weighted by atomic mass is 10.2. The molecule has 1 aromatic carbocycles. The molecule has 0 aliphatic rings. The van der Waals surface area contributed by atoms with Gasteiger partial charge in [-0.15, -0.1) is 11.3 Å². The van der Waals surface area contributed by atoms with E-state index < -0.39 is 0 Å². The summed E-state index contributed by atoms with van der Waals surface area (Å²) in [4.78, 5) is 12.1. The van der Waals surface area contributed by atoms with Gasteiger partial charge in [-0.25, -0.2) is 9.97 Å². The first-order chi connectivity index (χ1) is 10.2. The van der Waals surface area contributed by atoms with Crippen molar-refractivity contribution in [2.75, 3.05) is 24.3 Å². The summed E-state index contributed by atoms with van der Waals surface area (Å²) >= 11 is 1.67. The van der Waals surface area contributed by atoms with Crippen LogP contribution in [0.1, 0.15) is 0 Å². The molecule has 0 unspecified atom stereocenters. The van der Waals surface area contributed by atoms with E-state index in [2.05, 4.69) is 38.4 Å². The fourth-order valence-electron chi connectivity index (χ4n) is 1.97. The van der Waals surface area contributed by atoms with E-state index in [1.807, 2.05) is 43.7 Å². The summed E-state index contributed by atoms with van der Waals surface area (Å²) < 4.78 is 0. The van der Waals surface area contributed by atoms with Crippen LogP contribution in [0.2, 0.25) is 0 Å². The van der Waals surface area contributed by atoms with Crippen molar-refractivity contribution in [1.82, 2.24) is 9.97 Å². The fourth-order valence-corrected chi connectivity index (χ4v) is 2.67. The highest BCUT2D eigenvalue weighted by Gasteiger charge is 2.04. The Morgan fingerprint density at radius 1 is 1.10 bits per heavy atom. The highest BCUT2D eigenvalue weighted by atomic mass is 32.1. The highest BCUT2D eigenvalue weighted by Crippen LogP contribution is 2.24. The van der Waals surface area contributed by atoms with Gasteiger partial charge in [0.2, 0.25) is 5.95 Å². The van der Waals surface area contributed by atoms with E-state index in [1.165, 1.54) is 0 Å². The van der Waals surface area contributed by atoms with Gasteiger partial charge in [-0.3, -0.25) is 0 Å². The summed E-state index contributed by atoms with van der Waals surface area (Å²) in [5.74, 6) is 0.608. The second-order valence-electron chi connectivity index (χ2n) is 4.81. The molecule has 21 heavy (non-hydrogen) atoms. The third-order valence-corrected chi connectivity index (χ3v) is 3.94. The number of anilines is 3. The lowest BCUT2D eigenvalue weighted by Gasteiger charge is -2.14. The Hall–Kier alpha value is -2.40. The van der Waals surface area contributed by atoms with E-state index in [0.717, 1.165) is 21.9 Å². The van der Waals surface area contributed by atoms with Crippen LogP contribution in [0.3, 0.4) is 0 Å². The average molecular weight is 296 g/mol. The summed E-state index contributed by atoms with van der Waals surface area (Å²) in [5.41, 5.74) is 3.05. The van der Waals surface area contributed by atoms with Crippen LogP contribution in [0, 0.1) is 0 Å². The van der Waals surface area contributed by atoms with E-state index >= 15 is 0 Å². The molecule has 0 aliphatic carbocycles. The molecular weight excluding hydrogens is 280 g/mol. The Bertz CT molecular complexity index is 723. The van der Waals surface area contributed by atoms with E-state index in [1.54, 1.807) is 17.5 Å². The maximum absolute atomic E-state index is 4.56. The van der Waals surface area contributed by atoms with Gasteiger partial charge in [0.25, 0.3) is 0 Å². The number of hydrogen-bond donors (Lipinski definition) is 1. The molecule has 106 valence electrons. The van der Waals surface area contributed by atoms with Gasteiger partial charge in [0.15, 0.2) is 0 Å². The van der Waals surface area contributed by atoms with E-state index in [0.29, 0.717) is 5.95 Å². The monoisotopic (exact) mass is 296 g/mol. The molecule has 0 saturated carbocycles. The molecule has 0 fully saturated rings. The van der Waals surface area contributed by atoms with Crippen molar-refractivity contribution in [3.63, 3.8) is 0 Å². The zero-order valence-electron chi connectivity index (χ0n) is 11.9. The molecule has 0 atom stereocenters. The van der Waals surface area contributed by atoms with E-state index in [9.17, 15) is 0 Å². The summed E-state index contributed by atoms with van der Waals surface area (Å²) in [6.45, 7) is 0. The predicted octanol–water partition coefficient (Wildman–Crippen LogP) is 4.01. The lowest BCUT2D eigenvalue weighted by Crippen LogP contribution is -2.08. The van der Waals surface area contributed by atoms with E-state index in [4.69, 9.17) is 0 Å². The molecular formula is C16H16N4S. The minimum Gasteiger partial charge on any atom is -0.378 e. The van der Waals surface area contributed by atoms with Crippen molar-refractivity contribution in [3.05, 3.63) is 54.0 Å². The fraction of sp³-hybridized carbons (Fsp3) is 0.125. The van der Waals surface area contributed by atoms with Crippen LogP contribution in [0.5, 0.6) is 0 Å². The molecule has 0 saturated heterocycles. The minimum absolute atomic E-state index is 0.608. The summed E-state index contributed by atoms with van der Waals surface area (Å²) in [7, 11) is 4.04. The Balaban J connectivity index is 1.85. The first kappa shape index (κ1) is 13.6. The third-order valence-electron chi connectivity index (χ3n) is 3.05. The molecule has 4 nitrogen and oxygen atoms in total. The number of nitrogens with zero attached hydrogens (tertiary/aromatic N) is 3. The van der Waals surface area contributed by atoms with Crippen LogP contribution in [0.4, 0.5) is 17.3 Å². The first-order valence-electron chi connectivity index (χ1n) is 6.64. The number of nitrogens with one attached hydrogen (secondary N) is 1. The SMILES string of the molecule is CN(C)c1cccc(Nc2nccc(-c3cccs3)n2)c1. The Kier molecular flexibility index (Phi) is 3.83. The second kappa shape index (κ2) is 5.93. The number of hydrogen-bond acceptors (Lipinski definition) is 5. The molecule has 2 heterocycles. The van der Waals surface area contributed by atoms with Crippen LogP contribution in [0.25, 0.3) is 10.6 Å². The molecule has 3 aromatic rings. The normalized spacial score (nSPS) is 10.4. The number of benzene rings is 1. The Labute approximate surface area is 128 Å². The molecule has 0 bridgehead atoms. The van der Waals surface area contributed by atoms with Crippen LogP contribution >= 0.6 is 11.3 Å². The van der Waals surface area contributed by atoms with Gasteiger partial charge in [-0.1, -0.05) is 12.1 Å². The zero-order valence-corrected chi connectivity index (χ0v) is 12.8. The molecule has 0 amide bonds. The largest absolute Gasteiger partial charge is 0.378 e. The molecule has 0 radical (unpaired) electrons. The topological polar surface area (TPSA) is 41.0 Å². The Morgan fingerprint density at radius 3 is 2.76 bits per heavy atom. The van der Waals surface area contributed by atoms with Crippen molar-refractivity contribution in [1.29, 1.82) is 0 Å².